The molecule has 3 rings (SSSR count). The van der Waals surface area contributed by atoms with Crippen molar-refractivity contribution in [3.63, 3.8) is 0 Å². The van der Waals surface area contributed by atoms with E-state index in [2.05, 4.69) is 5.32 Å². The lowest BCUT2D eigenvalue weighted by Gasteiger charge is -2.38. The number of hydrogen-bond acceptors (Lipinski definition) is 3. The Labute approximate surface area is 163 Å². The minimum absolute atomic E-state index is 0.0806. The lowest BCUT2D eigenvalue weighted by atomic mass is 9.75. The second kappa shape index (κ2) is 8.72. The van der Waals surface area contributed by atoms with Crippen LogP contribution in [0.1, 0.15) is 36.4 Å². The van der Waals surface area contributed by atoms with E-state index < -0.39 is 5.82 Å². The van der Waals surface area contributed by atoms with Gasteiger partial charge in [-0.25, -0.2) is 4.39 Å². The highest BCUT2D eigenvalue weighted by Gasteiger charge is 2.35. The van der Waals surface area contributed by atoms with Crippen LogP contribution >= 0.6 is 11.6 Å². The second-order valence-electron chi connectivity index (χ2n) is 6.92. The highest BCUT2D eigenvalue weighted by atomic mass is 35.5. The summed E-state index contributed by atoms with van der Waals surface area (Å²) in [4.78, 5) is 12.5. The molecule has 0 aromatic heterocycles. The van der Waals surface area contributed by atoms with Crippen molar-refractivity contribution < 1.29 is 19.0 Å². The zero-order valence-electron chi connectivity index (χ0n) is 15.1. The molecular weight excluding hydrogens is 369 g/mol. The van der Waals surface area contributed by atoms with Crippen LogP contribution in [-0.2, 0) is 11.2 Å². The molecule has 0 saturated heterocycles. The zero-order valence-corrected chi connectivity index (χ0v) is 15.9. The number of aliphatic hydroxyl groups is 1. The summed E-state index contributed by atoms with van der Waals surface area (Å²) in [7, 11) is 1.41. The van der Waals surface area contributed by atoms with E-state index in [1.165, 1.54) is 13.2 Å². The number of nitrogens with one attached hydrogen (secondary N) is 1. The van der Waals surface area contributed by atoms with Gasteiger partial charge in [0, 0.05) is 11.4 Å². The van der Waals surface area contributed by atoms with Gasteiger partial charge < -0.3 is 15.2 Å². The second-order valence-corrected chi connectivity index (χ2v) is 7.32. The predicted molar refractivity (Wildman–Crippen MR) is 102 cm³/mol. The minimum atomic E-state index is -0.467. The first-order chi connectivity index (χ1) is 13.0. The Balaban J connectivity index is 1.69. The molecule has 1 atom stereocenters. The van der Waals surface area contributed by atoms with Crippen LogP contribution in [0, 0.1) is 11.7 Å². The number of rotatable bonds is 7. The molecule has 1 amide bonds. The third-order valence-corrected chi connectivity index (χ3v) is 5.42. The topological polar surface area (TPSA) is 58.6 Å². The monoisotopic (exact) mass is 391 g/mol. The standard InChI is InChI=1S/C21H23ClFNO3/c1-27-19-8-6-14(12-18(19)23)21(15-10-16(25)11-15)24-20(26)9-7-13-4-2-3-5-17(13)22/h2-6,8,12,15-16,21,25H,7,9-11H2,1H3,(H,24,26). The van der Waals surface area contributed by atoms with Crippen molar-refractivity contribution in [2.24, 2.45) is 5.92 Å². The van der Waals surface area contributed by atoms with Crippen LogP contribution in [0.15, 0.2) is 42.5 Å². The quantitative estimate of drug-likeness (QED) is 0.748. The number of benzene rings is 2. The van der Waals surface area contributed by atoms with Crippen molar-refractivity contribution in [1.29, 1.82) is 0 Å². The van der Waals surface area contributed by atoms with E-state index in [1.54, 1.807) is 18.2 Å². The number of carbonyl (C=O) groups excluding carboxylic acids is 1. The Bertz CT molecular complexity index is 808. The largest absolute Gasteiger partial charge is 0.494 e. The molecule has 144 valence electrons. The molecule has 0 heterocycles. The molecule has 2 aromatic carbocycles. The maximum Gasteiger partial charge on any atom is 0.220 e. The van der Waals surface area contributed by atoms with E-state index in [9.17, 15) is 14.3 Å². The molecule has 6 heteroatoms. The van der Waals surface area contributed by atoms with Crippen molar-refractivity contribution in [2.45, 2.75) is 37.8 Å². The van der Waals surface area contributed by atoms with Gasteiger partial charge in [-0.1, -0.05) is 35.9 Å². The lowest BCUT2D eigenvalue weighted by molar-refractivity contribution is -0.123. The van der Waals surface area contributed by atoms with E-state index in [4.69, 9.17) is 16.3 Å². The molecule has 2 N–H and O–H groups in total. The maximum atomic E-state index is 14.1. The fourth-order valence-electron chi connectivity index (χ4n) is 3.45. The van der Waals surface area contributed by atoms with E-state index in [0.717, 1.165) is 5.56 Å². The molecule has 27 heavy (non-hydrogen) atoms. The summed E-state index contributed by atoms with van der Waals surface area (Å²) in [6.45, 7) is 0. The number of methoxy groups -OCH3 is 1. The van der Waals surface area contributed by atoms with Gasteiger partial charge in [0.15, 0.2) is 11.6 Å². The molecule has 2 aromatic rings. The van der Waals surface area contributed by atoms with Gasteiger partial charge in [-0.05, 0) is 54.5 Å². The molecule has 4 nitrogen and oxygen atoms in total. The van der Waals surface area contributed by atoms with Gasteiger partial charge >= 0.3 is 0 Å². The maximum absolute atomic E-state index is 14.1. The van der Waals surface area contributed by atoms with Gasteiger partial charge in [-0.3, -0.25) is 4.79 Å². The fraction of sp³-hybridized carbons (Fsp3) is 0.381. The summed E-state index contributed by atoms with van der Waals surface area (Å²) in [6, 6.07) is 11.8. The van der Waals surface area contributed by atoms with E-state index >= 15 is 0 Å². The summed E-state index contributed by atoms with van der Waals surface area (Å²) in [5, 5.41) is 13.3. The summed E-state index contributed by atoms with van der Waals surface area (Å²) in [6.07, 6.45) is 1.63. The van der Waals surface area contributed by atoms with Crippen molar-refractivity contribution in [3.8, 4) is 5.75 Å². The van der Waals surface area contributed by atoms with Crippen molar-refractivity contribution in [1.82, 2.24) is 5.32 Å². The number of aryl methyl sites for hydroxylation is 1. The zero-order chi connectivity index (χ0) is 19.4. The summed E-state index contributed by atoms with van der Waals surface area (Å²) in [5.41, 5.74) is 1.59. The number of halogens is 2. The number of hydrogen-bond donors (Lipinski definition) is 2. The molecule has 1 fully saturated rings. The minimum Gasteiger partial charge on any atom is -0.494 e. The van der Waals surface area contributed by atoms with Crippen LogP contribution < -0.4 is 10.1 Å². The van der Waals surface area contributed by atoms with Crippen molar-refractivity contribution >= 4 is 17.5 Å². The first-order valence-electron chi connectivity index (χ1n) is 9.02. The van der Waals surface area contributed by atoms with Gasteiger partial charge in [-0.15, -0.1) is 0 Å². The fourth-order valence-corrected chi connectivity index (χ4v) is 3.68. The Kier molecular flexibility index (Phi) is 6.34. The van der Waals surface area contributed by atoms with Crippen LogP contribution in [0.3, 0.4) is 0 Å². The Morgan fingerprint density at radius 2 is 2.07 bits per heavy atom. The van der Waals surface area contributed by atoms with Crippen LogP contribution in [0.4, 0.5) is 4.39 Å². The average Bonchev–Trinajstić information content (AvgIpc) is 2.63. The van der Waals surface area contributed by atoms with Crippen LogP contribution in [0.2, 0.25) is 5.02 Å². The Hall–Kier alpha value is -2.11. The van der Waals surface area contributed by atoms with Crippen LogP contribution in [0.5, 0.6) is 5.75 Å². The number of carbonyl (C=O) groups is 1. The highest BCUT2D eigenvalue weighted by molar-refractivity contribution is 6.31. The van der Waals surface area contributed by atoms with Gasteiger partial charge in [0.1, 0.15) is 0 Å². The highest BCUT2D eigenvalue weighted by Crippen LogP contribution is 2.39. The third kappa shape index (κ3) is 4.79. The normalized spacial score (nSPS) is 19.9. The summed E-state index contributed by atoms with van der Waals surface area (Å²) >= 11 is 6.14. The molecule has 0 bridgehead atoms. The molecule has 1 unspecified atom stereocenters. The summed E-state index contributed by atoms with van der Waals surface area (Å²) in [5.74, 6) is -0.351. The van der Waals surface area contributed by atoms with E-state index in [1.807, 2.05) is 18.2 Å². The molecule has 0 radical (unpaired) electrons. The first kappa shape index (κ1) is 19.6. The van der Waals surface area contributed by atoms with Gasteiger partial charge in [0.2, 0.25) is 5.91 Å². The number of ether oxygens (including phenoxy) is 1. The summed E-state index contributed by atoms with van der Waals surface area (Å²) < 4.78 is 19.1. The molecule has 1 aliphatic carbocycles. The third-order valence-electron chi connectivity index (χ3n) is 5.05. The van der Waals surface area contributed by atoms with Crippen LogP contribution in [0.25, 0.3) is 0 Å². The molecule has 1 aliphatic rings. The number of aliphatic hydroxyl groups excluding tert-OH is 1. The molecule has 1 saturated carbocycles. The van der Waals surface area contributed by atoms with Crippen LogP contribution in [-0.4, -0.2) is 24.2 Å². The van der Waals surface area contributed by atoms with Gasteiger partial charge in [0.25, 0.3) is 0 Å². The SMILES string of the molecule is COc1ccc(C(NC(=O)CCc2ccccc2Cl)C2CC(O)C2)cc1F. The van der Waals surface area contributed by atoms with Crippen molar-refractivity contribution in [2.75, 3.05) is 7.11 Å². The Morgan fingerprint density at radius 3 is 2.70 bits per heavy atom. The van der Waals surface area contributed by atoms with Gasteiger partial charge in [0.05, 0.1) is 19.3 Å². The lowest BCUT2D eigenvalue weighted by Crippen LogP contribution is -2.41. The van der Waals surface area contributed by atoms with E-state index in [-0.39, 0.29) is 36.1 Å². The smallest absolute Gasteiger partial charge is 0.220 e. The molecule has 0 spiro atoms. The molecular formula is C21H23ClFNO3. The van der Waals surface area contributed by atoms with Crippen molar-refractivity contribution in [3.05, 3.63) is 64.4 Å². The van der Waals surface area contributed by atoms with E-state index in [0.29, 0.717) is 29.8 Å². The first-order valence-corrected chi connectivity index (χ1v) is 9.40. The average molecular weight is 392 g/mol. The van der Waals surface area contributed by atoms with Gasteiger partial charge in [-0.2, -0.15) is 0 Å². The molecule has 0 aliphatic heterocycles. The number of amides is 1. The Morgan fingerprint density at radius 1 is 1.33 bits per heavy atom. The predicted octanol–water partition coefficient (Wildman–Crippen LogP) is 4.05.